The lowest BCUT2D eigenvalue weighted by atomic mass is 9.94. The molecular weight excluding hydrogens is 298 g/mol. The maximum Gasteiger partial charge on any atom is 0.184 e. The van der Waals surface area contributed by atoms with Crippen molar-refractivity contribution in [1.29, 1.82) is 0 Å². The summed E-state index contributed by atoms with van der Waals surface area (Å²) in [6, 6.07) is 5.58. The van der Waals surface area contributed by atoms with Crippen molar-refractivity contribution in [3.8, 4) is 22.6 Å². The second kappa shape index (κ2) is 7.92. The second-order valence-corrected chi connectivity index (χ2v) is 4.75. The Morgan fingerprint density at radius 3 is 2.17 bits per heavy atom. The number of methoxy groups -OCH3 is 4. The Balaban J connectivity index is 2.82. The molecule has 124 valence electrons. The number of aromatic nitrogens is 1. The number of aliphatic hydroxyl groups is 1. The van der Waals surface area contributed by atoms with Gasteiger partial charge in [-0.05, 0) is 29.3 Å². The number of rotatable bonds is 7. The van der Waals surface area contributed by atoms with E-state index in [2.05, 4.69) is 4.98 Å². The fourth-order valence-corrected chi connectivity index (χ4v) is 2.61. The van der Waals surface area contributed by atoms with Gasteiger partial charge in [-0.2, -0.15) is 0 Å². The lowest BCUT2D eigenvalue weighted by Crippen LogP contribution is -2.11. The Labute approximate surface area is 135 Å². The summed E-state index contributed by atoms with van der Waals surface area (Å²) in [5.41, 5.74) is 2.99. The average Bonchev–Trinajstić information content (AvgIpc) is 2.62. The normalized spacial score (nSPS) is 10.9. The number of pyridine rings is 1. The highest BCUT2D eigenvalue weighted by molar-refractivity contribution is 5.74. The van der Waals surface area contributed by atoms with E-state index in [1.807, 2.05) is 18.2 Å². The van der Waals surface area contributed by atoms with Crippen molar-refractivity contribution in [2.45, 2.75) is 12.9 Å². The lowest BCUT2D eigenvalue weighted by Gasteiger charge is -2.24. The van der Waals surface area contributed by atoms with Crippen molar-refractivity contribution in [1.82, 2.24) is 4.98 Å². The molecule has 0 unspecified atom stereocenters. The van der Waals surface area contributed by atoms with E-state index in [4.69, 9.17) is 18.9 Å². The molecule has 0 saturated carbocycles. The molecule has 0 aliphatic heterocycles. The Morgan fingerprint density at radius 1 is 1.04 bits per heavy atom. The van der Waals surface area contributed by atoms with E-state index < -0.39 is 6.29 Å². The molecule has 0 spiro atoms. The summed E-state index contributed by atoms with van der Waals surface area (Å²) >= 11 is 0. The largest absolute Gasteiger partial charge is 0.493 e. The minimum Gasteiger partial charge on any atom is -0.493 e. The maximum absolute atomic E-state index is 9.90. The zero-order valence-electron chi connectivity index (χ0n) is 13.7. The molecule has 0 amide bonds. The summed E-state index contributed by atoms with van der Waals surface area (Å²) < 4.78 is 21.7. The number of aliphatic hydroxyl groups excluding tert-OH is 1. The average molecular weight is 319 g/mol. The summed E-state index contributed by atoms with van der Waals surface area (Å²) in [5.74, 6) is 0.986. The number of hydrogen-bond donors (Lipinski definition) is 1. The van der Waals surface area contributed by atoms with E-state index in [1.54, 1.807) is 33.7 Å². The molecule has 2 rings (SSSR count). The third kappa shape index (κ3) is 3.29. The standard InChI is InChI=1S/C17H21NO5/c1-20-14-9-12(11-5-7-18-8-6-11)15(17(22-3)23-4)13(10-19)16(14)21-2/h5-9,17,19H,10H2,1-4H3. The Bertz CT molecular complexity index is 641. The highest BCUT2D eigenvalue weighted by Gasteiger charge is 2.25. The van der Waals surface area contributed by atoms with Crippen LogP contribution in [0.15, 0.2) is 30.6 Å². The van der Waals surface area contributed by atoms with Gasteiger partial charge in [-0.15, -0.1) is 0 Å². The fourth-order valence-electron chi connectivity index (χ4n) is 2.61. The third-order valence-electron chi connectivity index (χ3n) is 3.63. The zero-order chi connectivity index (χ0) is 16.8. The molecule has 0 aliphatic carbocycles. The highest BCUT2D eigenvalue weighted by atomic mass is 16.7. The molecule has 0 bridgehead atoms. The zero-order valence-corrected chi connectivity index (χ0v) is 13.7. The number of ether oxygens (including phenoxy) is 4. The van der Waals surface area contributed by atoms with Crippen LogP contribution in [0.25, 0.3) is 11.1 Å². The Hall–Kier alpha value is -2.15. The highest BCUT2D eigenvalue weighted by Crippen LogP contribution is 2.43. The molecule has 1 aromatic heterocycles. The molecule has 6 heteroatoms. The molecule has 23 heavy (non-hydrogen) atoms. The molecular formula is C17H21NO5. The van der Waals surface area contributed by atoms with E-state index >= 15 is 0 Å². The Morgan fingerprint density at radius 2 is 1.70 bits per heavy atom. The van der Waals surface area contributed by atoms with E-state index in [0.717, 1.165) is 11.1 Å². The van der Waals surface area contributed by atoms with Crippen molar-refractivity contribution in [3.05, 3.63) is 41.7 Å². The van der Waals surface area contributed by atoms with Gasteiger partial charge in [-0.1, -0.05) is 0 Å². The number of nitrogens with zero attached hydrogens (tertiary/aromatic N) is 1. The molecule has 0 aliphatic rings. The van der Waals surface area contributed by atoms with Gasteiger partial charge in [0.2, 0.25) is 0 Å². The molecule has 6 nitrogen and oxygen atoms in total. The number of benzene rings is 1. The number of hydrogen-bond acceptors (Lipinski definition) is 6. The van der Waals surface area contributed by atoms with Gasteiger partial charge in [0, 0.05) is 37.7 Å². The molecule has 0 saturated heterocycles. The van der Waals surface area contributed by atoms with Crippen LogP contribution in [0, 0.1) is 0 Å². The molecule has 1 N–H and O–H groups in total. The van der Waals surface area contributed by atoms with Crippen LogP contribution in [0.4, 0.5) is 0 Å². The first kappa shape index (κ1) is 17.2. The first-order valence-corrected chi connectivity index (χ1v) is 7.06. The third-order valence-corrected chi connectivity index (χ3v) is 3.63. The first-order chi connectivity index (χ1) is 11.2. The monoisotopic (exact) mass is 319 g/mol. The lowest BCUT2D eigenvalue weighted by molar-refractivity contribution is -0.106. The van der Waals surface area contributed by atoms with Crippen LogP contribution in [-0.4, -0.2) is 38.5 Å². The summed E-state index contributed by atoms with van der Waals surface area (Å²) in [6.45, 7) is -0.239. The Kier molecular flexibility index (Phi) is 5.92. The van der Waals surface area contributed by atoms with Gasteiger partial charge in [0.1, 0.15) is 0 Å². The van der Waals surface area contributed by atoms with Crippen LogP contribution in [0.1, 0.15) is 17.4 Å². The summed E-state index contributed by atoms with van der Waals surface area (Å²) in [7, 11) is 6.17. The van der Waals surface area contributed by atoms with Gasteiger partial charge in [0.05, 0.1) is 20.8 Å². The van der Waals surface area contributed by atoms with E-state index in [-0.39, 0.29) is 6.61 Å². The molecule has 0 atom stereocenters. The van der Waals surface area contributed by atoms with Crippen LogP contribution in [0.5, 0.6) is 11.5 Å². The van der Waals surface area contributed by atoms with Crippen molar-refractivity contribution < 1.29 is 24.1 Å². The van der Waals surface area contributed by atoms with Crippen molar-refractivity contribution >= 4 is 0 Å². The molecule has 0 radical (unpaired) electrons. The first-order valence-electron chi connectivity index (χ1n) is 7.06. The predicted molar refractivity (Wildman–Crippen MR) is 85.5 cm³/mol. The van der Waals surface area contributed by atoms with Gasteiger partial charge in [-0.25, -0.2) is 0 Å². The van der Waals surface area contributed by atoms with Crippen LogP contribution in [-0.2, 0) is 16.1 Å². The minimum absolute atomic E-state index is 0.239. The topological polar surface area (TPSA) is 70.0 Å². The van der Waals surface area contributed by atoms with Crippen molar-refractivity contribution in [3.63, 3.8) is 0 Å². The van der Waals surface area contributed by atoms with E-state index in [0.29, 0.717) is 22.6 Å². The van der Waals surface area contributed by atoms with Gasteiger partial charge >= 0.3 is 0 Å². The molecule has 2 aromatic rings. The minimum atomic E-state index is -0.653. The molecule has 0 fully saturated rings. The SMILES string of the molecule is COc1cc(-c2ccncc2)c(C(OC)OC)c(CO)c1OC. The maximum atomic E-state index is 9.90. The second-order valence-electron chi connectivity index (χ2n) is 4.75. The van der Waals surface area contributed by atoms with Crippen LogP contribution in [0.3, 0.4) is 0 Å². The molecule has 1 heterocycles. The molecule has 1 aromatic carbocycles. The predicted octanol–water partition coefficient (Wildman–Crippen LogP) is 2.55. The summed E-state index contributed by atoms with van der Waals surface area (Å²) in [4.78, 5) is 4.04. The summed E-state index contributed by atoms with van der Waals surface area (Å²) in [6.07, 6.45) is 2.74. The van der Waals surface area contributed by atoms with Crippen molar-refractivity contribution in [2.75, 3.05) is 28.4 Å². The van der Waals surface area contributed by atoms with E-state index in [9.17, 15) is 5.11 Å². The summed E-state index contributed by atoms with van der Waals surface area (Å²) in [5, 5.41) is 9.90. The van der Waals surface area contributed by atoms with Crippen LogP contribution in [0.2, 0.25) is 0 Å². The van der Waals surface area contributed by atoms with Crippen LogP contribution < -0.4 is 9.47 Å². The van der Waals surface area contributed by atoms with Crippen LogP contribution >= 0.6 is 0 Å². The van der Waals surface area contributed by atoms with Gasteiger partial charge in [0.15, 0.2) is 17.8 Å². The van der Waals surface area contributed by atoms with Gasteiger partial charge in [-0.3, -0.25) is 4.98 Å². The van der Waals surface area contributed by atoms with Gasteiger partial charge < -0.3 is 24.1 Å². The smallest absolute Gasteiger partial charge is 0.184 e. The quantitative estimate of drug-likeness (QED) is 0.791. The van der Waals surface area contributed by atoms with E-state index in [1.165, 1.54) is 7.11 Å². The fraction of sp³-hybridized carbons (Fsp3) is 0.353. The van der Waals surface area contributed by atoms with Gasteiger partial charge in [0.25, 0.3) is 0 Å². The van der Waals surface area contributed by atoms with Crippen molar-refractivity contribution in [2.24, 2.45) is 0 Å².